The Kier molecular flexibility index (Phi) is 2.70. The van der Waals surface area contributed by atoms with Crippen molar-refractivity contribution in [1.29, 1.82) is 0 Å². The van der Waals surface area contributed by atoms with Crippen molar-refractivity contribution in [3.8, 4) is 5.75 Å². The number of anilines is 1. The second-order valence-corrected chi connectivity index (χ2v) is 3.71. The van der Waals surface area contributed by atoms with Crippen LogP contribution in [-0.4, -0.2) is 17.6 Å². The Morgan fingerprint density at radius 2 is 2.17 bits per heavy atom. The number of hydrogen-bond donors (Lipinski definition) is 1. The molecule has 1 atom stereocenters. The molecule has 0 amide bonds. The van der Waals surface area contributed by atoms with Crippen LogP contribution < -0.4 is 10.5 Å². The number of nitrogens with two attached hydrogens (primary N) is 1. The van der Waals surface area contributed by atoms with Gasteiger partial charge in [-0.25, -0.2) is 0 Å². The predicted molar refractivity (Wildman–Crippen MR) is 49.7 cm³/mol. The number of methoxy groups -OCH3 is 1. The number of nitrogen functional groups attached to an aromatic ring is 1. The van der Waals surface area contributed by atoms with Gasteiger partial charge in [-0.2, -0.15) is 0 Å². The van der Waals surface area contributed by atoms with Crippen LogP contribution in [0.1, 0.15) is 0 Å². The van der Waals surface area contributed by atoms with E-state index in [4.69, 9.17) is 10.5 Å². The summed E-state index contributed by atoms with van der Waals surface area (Å²) in [7, 11) is 0.488. The highest BCUT2D eigenvalue weighted by Crippen LogP contribution is 2.23. The molecule has 0 aromatic heterocycles. The molecule has 66 valence electrons. The molecular formula is C8H11NO2S. The van der Waals surface area contributed by atoms with E-state index in [0.29, 0.717) is 16.3 Å². The van der Waals surface area contributed by atoms with Gasteiger partial charge >= 0.3 is 0 Å². The molecule has 0 bridgehead atoms. The topological polar surface area (TPSA) is 52.3 Å². The van der Waals surface area contributed by atoms with Crippen LogP contribution in [0.4, 0.5) is 5.69 Å². The monoisotopic (exact) mass is 185 g/mol. The second kappa shape index (κ2) is 3.58. The molecule has 1 unspecified atom stereocenters. The SMILES string of the molecule is COc1ccc(N)cc1S(C)=O. The van der Waals surface area contributed by atoms with Crippen molar-refractivity contribution in [3.05, 3.63) is 18.2 Å². The summed E-state index contributed by atoms with van der Waals surface area (Å²) < 4.78 is 16.2. The van der Waals surface area contributed by atoms with Gasteiger partial charge in [0.25, 0.3) is 0 Å². The fourth-order valence-electron chi connectivity index (χ4n) is 0.918. The van der Waals surface area contributed by atoms with Gasteiger partial charge in [-0.15, -0.1) is 0 Å². The molecule has 0 aliphatic carbocycles. The molecule has 0 fully saturated rings. The lowest BCUT2D eigenvalue weighted by Crippen LogP contribution is -1.95. The Bertz CT molecular complexity index is 312. The van der Waals surface area contributed by atoms with Gasteiger partial charge in [-0.1, -0.05) is 0 Å². The molecule has 0 radical (unpaired) electrons. The third-order valence-corrected chi connectivity index (χ3v) is 2.44. The lowest BCUT2D eigenvalue weighted by molar-refractivity contribution is 0.404. The Morgan fingerprint density at radius 1 is 1.50 bits per heavy atom. The first kappa shape index (κ1) is 9.06. The quantitative estimate of drug-likeness (QED) is 0.700. The zero-order valence-corrected chi connectivity index (χ0v) is 7.85. The first-order chi connectivity index (χ1) is 5.65. The van der Waals surface area contributed by atoms with E-state index in [1.807, 2.05) is 0 Å². The summed E-state index contributed by atoms with van der Waals surface area (Å²) in [6.07, 6.45) is 1.59. The fourth-order valence-corrected chi connectivity index (χ4v) is 1.65. The number of ether oxygens (including phenoxy) is 1. The molecule has 0 heterocycles. The van der Waals surface area contributed by atoms with Crippen molar-refractivity contribution >= 4 is 16.5 Å². The van der Waals surface area contributed by atoms with Gasteiger partial charge in [0.1, 0.15) is 5.75 Å². The van der Waals surface area contributed by atoms with E-state index in [1.165, 1.54) is 0 Å². The number of benzene rings is 1. The zero-order chi connectivity index (χ0) is 9.14. The Balaban J connectivity index is 3.21. The molecule has 0 aliphatic heterocycles. The first-order valence-electron chi connectivity index (χ1n) is 3.42. The third-order valence-electron chi connectivity index (χ3n) is 1.50. The van der Waals surface area contributed by atoms with E-state index in [2.05, 4.69) is 0 Å². The summed E-state index contributed by atoms with van der Waals surface area (Å²) in [4.78, 5) is 0.637. The summed E-state index contributed by atoms with van der Waals surface area (Å²) in [5.74, 6) is 0.616. The molecule has 0 spiro atoms. The summed E-state index contributed by atoms with van der Waals surface area (Å²) in [6, 6.07) is 5.09. The lowest BCUT2D eigenvalue weighted by Gasteiger charge is -2.05. The van der Waals surface area contributed by atoms with E-state index in [0.717, 1.165) is 0 Å². The van der Waals surface area contributed by atoms with Gasteiger partial charge in [-0.05, 0) is 18.2 Å². The molecular weight excluding hydrogens is 174 g/mol. The Labute approximate surface area is 74.0 Å². The lowest BCUT2D eigenvalue weighted by atomic mass is 10.3. The van der Waals surface area contributed by atoms with Crippen molar-refractivity contribution in [2.45, 2.75) is 4.90 Å². The van der Waals surface area contributed by atoms with Gasteiger partial charge in [-0.3, -0.25) is 4.21 Å². The summed E-state index contributed by atoms with van der Waals surface area (Å²) in [5, 5.41) is 0. The van der Waals surface area contributed by atoms with Crippen molar-refractivity contribution in [2.75, 3.05) is 19.1 Å². The highest BCUT2D eigenvalue weighted by Gasteiger charge is 2.05. The van der Waals surface area contributed by atoms with Crippen LogP contribution in [0.2, 0.25) is 0 Å². The van der Waals surface area contributed by atoms with E-state index >= 15 is 0 Å². The minimum Gasteiger partial charge on any atom is -0.495 e. The van der Waals surface area contributed by atoms with Gasteiger partial charge in [0.2, 0.25) is 0 Å². The summed E-state index contributed by atoms with van der Waals surface area (Å²) in [6.45, 7) is 0. The number of rotatable bonds is 2. The maximum absolute atomic E-state index is 11.2. The van der Waals surface area contributed by atoms with Crippen LogP contribution in [0.5, 0.6) is 5.75 Å². The average Bonchev–Trinajstić information content (AvgIpc) is 2.04. The Hall–Kier alpha value is -1.03. The van der Waals surface area contributed by atoms with Crippen LogP contribution in [0, 0.1) is 0 Å². The fraction of sp³-hybridized carbons (Fsp3) is 0.250. The smallest absolute Gasteiger partial charge is 0.135 e. The normalized spacial score (nSPS) is 12.5. The highest BCUT2D eigenvalue weighted by molar-refractivity contribution is 7.84. The molecule has 2 N–H and O–H groups in total. The third kappa shape index (κ3) is 1.76. The van der Waals surface area contributed by atoms with E-state index < -0.39 is 10.8 Å². The van der Waals surface area contributed by atoms with Crippen LogP contribution in [0.15, 0.2) is 23.1 Å². The average molecular weight is 185 g/mol. The molecule has 0 aliphatic rings. The van der Waals surface area contributed by atoms with Gasteiger partial charge < -0.3 is 10.5 Å². The van der Waals surface area contributed by atoms with Gasteiger partial charge in [0.05, 0.1) is 22.8 Å². The maximum atomic E-state index is 11.2. The van der Waals surface area contributed by atoms with Crippen LogP contribution in [0.3, 0.4) is 0 Å². The molecule has 1 aromatic rings. The molecule has 1 rings (SSSR count). The van der Waals surface area contributed by atoms with E-state index in [9.17, 15) is 4.21 Å². The Morgan fingerprint density at radius 3 is 2.67 bits per heavy atom. The van der Waals surface area contributed by atoms with Gasteiger partial charge in [0.15, 0.2) is 0 Å². The summed E-state index contributed by atoms with van der Waals surface area (Å²) >= 11 is 0. The predicted octanol–water partition coefficient (Wildman–Crippen LogP) is 1.01. The molecule has 0 saturated heterocycles. The molecule has 3 nitrogen and oxygen atoms in total. The summed E-state index contributed by atoms with van der Waals surface area (Å²) in [5.41, 5.74) is 6.13. The second-order valence-electron chi connectivity index (χ2n) is 2.36. The van der Waals surface area contributed by atoms with Gasteiger partial charge in [0, 0.05) is 11.9 Å². The minimum absolute atomic E-state index is 0.598. The standard InChI is InChI=1S/C8H11NO2S/c1-11-7-4-3-6(9)5-8(7)12(2)10/h3-5H,9H2,1-2H3. The van der Waals surface area contributed by atoms with Crippen LogP contribution in [0.25, 0.3) is 0 Å². The van der Waals surface area contributed by atoms with Crippen molar-refractivity contribution in [2.24, 2.45) is 0 Å². The van der Waals surface area contributed by atoms with Crippen LogP contribution in [-0.2, 0) is 10.8 Å². The molecule has 12 heavy (non-hydrogen) atoms. The van der Waals surface area contributed by atoms with E-state index in [1.54, 1.807) is 31.6 Å². The molecule has 1 aromatic carbocycles. The van der Waals surface area contributed by atoms with Crippen molar-refractivity contribution in [1.82, 2.24) is 0 Å². The largest absolute Gasteiger partial charge is 0.495 e. The maximum Gasteiger partial charge on any atom is 0.135 e. The molecule has 4 heteroatoms. The van der Waals surface area contributed by atoms with E-state index in [-0.39, 0.29) is 0 Å². The highest BCUT2D eigenvalue weighted by atomic mass is 32.2. The minimum atomic E-state index is -1.06. The molecule has 0 saturated carbocycles. The van der Waals surface area contributed by atoms with Crippen molar-refractivity contribution in [3.63, 3.8) is 0 Å². The number of hydrogen-bond acceptors (Lipinski definition) is 3. The zero-order valence-electron chi connectivity index (χ0n) is 7.03. The first-order valence-corrected chi connectivity index (χ1v) is 4.98. The van der Waals surface area contributed by atoms with Crippen molar-refractivity contribution < 1.29 is 8.95 Å². The van der Waals surface area contributed by atoms with Crippen LogP contribution >= 0.6 is 0 Å².